The minimum absolute atomic E-state index is 0.154. The Morgan fingerprint density at radius 2 is 2.19 bits per heavy atom. The summed E-state index contributed by atoms with van der Waals surface area (Å²) in [6.45, 7) is 5.39. The molecular formula is C13H14N2O. The van der Waals surface area contributed by atoms with E-state index >= 15 is 0 Å². The smallest absolute Gasteiger partial charge is 0.178 e. The average Bonchev–Trinajstić information content (AvgIpc) is 2.25. The van der Waals surface area contributed by atoms with Crippen molar-refractivity contribution in [1.82, 2.24) is 4.98 Å². The van der Waals surface area contributed by atoms with E-state index in [2.05, 4.69) is 4.98 Å². The van der Waals surface area contributed by atoms with Gasteiger partial charge in [0.2, 0.25) is 0 Å². The van der Waals surface area contributed by atoms with Crippen LogP contribution < -0.4 is 0 Å². The predicted molar refractivity (Wildman–Crippen MR) is 62.3 cm³/mol. The van der Waals surface area contributed by atoms with Crippen molar-refractivity contribution in [3.8, 4) is 6.07 Å². The third kappa shape index (κ3) is 3.03. The summed E-state index contributed by atoms with van der Waals surface area (Å²) in [6, 6.07) is 5.51. The summed E-state index contributed by atoms with van der Waals surface area (Å²) in [6.07, 6.45) is 4.84. The predicted octanol–water partition coefficient (Wildman–Crippen LogP) is 2.60. The molecule has 0 fully saturated rings. The zero-order valence-corrected chi connectivity index (χ0v) is 9.69. The van der Waals surface area contributed by atoms with Crippen molar-refractivity contribution < 1.29 is 4.79 Å². The molecule has 16 heavy (non-hydrogen) atoms. The standard InChI is InChI=1S/C13H14N2O/c1-13(2,3)12(16)11(8-14)7-10-5-4-6-15-9-10/h4-7,9H,1-3H3/b11-7+. The first kappa shape index (κ1) is 12.1. The number of allylic oxidation sites excluding steroid dienone is 1. The number of aromatic nitrogens is 1. The van der Waals surface area contributed by atoms with E-state index in [1.165, 1.54) is 0 Å². The van der Waals surface area contributed by atoms with Crippen LogP contribution in [0.15, 0.2) is 30.1 Å². The molecule has 0 spiro atoms. The molecule has 1 aromatic rings. The molecule has 0 saturated carbocycles. The molecule has 1 aromatic heterocycles. The Labute approximate surface area is 95.4 Å². The van der Waals surface area contributed by atoms with E-state index < -0.39 is 5.41 Å². The van der Waals surface area contributed by atoms with Crippen molar-refractivity contribution in [3.05, 3.63) is 35.7 Å². The lowest BCUT2D eigenvalue weighted by Crippen LogP contribution is -2.21. The summed E-state index contributed by atoms with van der Waals surface area (Å²) in [5, 5.41) is 8.96. The molecule has 0 N–H and O–H groups in total. The van der Waals surface area contributed by atoms with Gasteiger partial charge in [-0.2, -0.15) is 5.26 Å². The van der Waals surface area contributed by atoms with Crippen molar-refractivity contribution in [2.75, 3.05) is 0 Å². The van der Waals surface area contributed by atoms with Gasteiger partial charge in [-0.05, 0) is 17.7 Å². The van der Waals surface area contributed by atoms with Gasteiger partial charge in [-0.25, -0.2) is 0 Å². The second kappa shape index (κ2) is 4.71. The Kier molecular flexibility index (Phi) is 3.57. The number of ketones is 1. The molecule has 0 unspecified atom stereocenters. The first-order chi connectivity index (χ1) is 7.45. The fourth-order valence-electron chi connectivity index (χ4n) is 1.18. The number of Topliss-reactive ketones (excluding diaryl/α,β-unsaturated/α-hetero) is 1. The van der Waals surface area contributed by atoms with Crippen molar-refractivity contribution >= 4 is 11.9 Å². The Hall–Kier alpha value is -1.95. The van der Waals surface area contributed by atoms with E-state index in [1.807, 2.05) is 6.07 Å². The number of carbonyl (C=O) groups excluding carboxylic acids is 1. The normalized spacial score (nSPS) is 12.0. The number of hydrogen-bond acceptors (Lipinski definition) is 3. The molecule has 0 saturated heterocycles. The van der Waals surface area contributed by atoms with Crippen LogP contribution in [0.4, 0.5) is 0 Å². The highest BCUT2D eigenvalue weighted by molar-refractivity contribution is 6.06. The minimum atomic E-state index is -0.538. The average molecular weight is 214 g/mol. The number of nitriles is 1. The molecule has 3 heteroatoms. The van der Waals surface area contributed by atoms with Gasteiger partial charge in [0.05, 0.1) is 5.57 Å². The molecule has 1 heterocycles. The van der Waals surface area contributed by atoms with Crippen LogP contribution in [-0.4, -0.2) is 10.8 Å². The molecule has 82 valence electrons. The fraction of sp³-hybridized carbons (Fsp3) is 0.308. The van der Waals surface area contributed by atoms with Crippen LogP contribution >= 0.6 is 0 Å². The maximum absolute atomic E-state index is 11.9. The van der Waals surface area contributed by atoms with Crippen molar-refractivity contribution in [2.24, 2.45) is 5.41 Å². The van der Waals surface area contributed by atoms with Gasteiger partial charge in [-0.3, -0.25) is 9.78 Å². The third-order valence-corrected chi connectivity index (χ3v) is 2.04. The lowest BCUT2D eigenvalue weighted by molar-refractivity contribution is -0.121. The van der Waals surface area contributed by atoms with Gasteiger partial charge in [0.15, 0.2) is 5.78 Å². The SMILES string of the molecule is CC(C)(C)C(=O)/C(C#N)=C/c1cccnc1. The second-order valence-corrected chi connectivity index (χ2v) is 4.54. The van der Waals surface area contributed by atoms with Crippen LogP contribution in [0.2, 0.25) is 0 Å². The highest BCUT2D eigenvalue weighted by Crippen LogP contribution is 2.20. The van der Waals surface area contributed by atoms with E-state index in [-0.39, 0.29) is 11.4 Å². The first-order valence-electron chi connectivity index (χ1n) is 5.02. The lowest BCUT2D eigenvalue weighted by Gasteiger charge is -2.15. The Bertz CT molecular complexity index is 447. The van der Waals surface area contributed by atoms with Crippen LogP contribution in [0.5, 0.6) is 0 Å². The van der Waals surface area contributed by atoms with Gasteiger partial charge in [0.1, 0.15) is 6.07 Å². The molecule has 0 amide bonds. The molecule has 1 rings (SSSR count). The molecular weight excluding hydrogens is 200 g/mol. The van der Waals surface area contributed by atoms with Crippen LogP contribution in [0, 0.1) is 16.7 Å². The topological polar surface area (TPSA) is 53.8 Å². The zero-order chi connectivity index (χ0) is 12.2. The summed E-state index contributed by atoms with van der Waals surface area (Å²) < 4.78 is 0. The van der Waals surface area contributed by atoms with Gasteiger partial charge < -0.3 is 0 Å². The molecule has 0 atom stereocenters. The minimum Gasteiger partial charge on any atom is -0.293 e. The van der Waals surface area contributed by atoms with Gasteiger partial charge in [0.25, 0.3) is 0 Å². The summed E-state index contributed by atoms with van der Waals surface area (Å²) in [5.74, 6) is -0.154. The number of nitrogens with zero attached hydrogens (tertiary/aromatic N) is 2. The Morgan fingerprint density at radius 1 is 1.50 bits per heavy atom. The highest BCUT2D eigenvalue weighted by Gasteiger charge is 2.24. The zero-order valence-electron chi connectivity index (χ0n) is 9.69. The third-order valence-electron chi connectivity index (χ3n) is 2.04. The van der Waals surface area contributed by atoms with Gasteiger partial charge in [-0.1, -0.05) is 26.8 Å². The molecule has 0 aliphatic carbocycles. The quantitative estimate of drug-likeness (QED) is 0.561. The second-order valence-electron chi connectivity index (χ2n) is 4.54. The maximum atomic E-state index is 11.9. The lowest BCUT2D eigenvalue weighted by atomic mass is 9.86. The van der Waals surface area contributed by atoms with Gasteiger partial charge >= 0.3 is 0 Å². The van der Waals surface area contributed by atoms with Crippen molar-refractivity contribution in [3.63, 3.8) is 0 Å². The van der Waals surface area contributed by atoms with Crippen LogP contribution in [0.3, 0.4) is 0 Å². The highest BCUT2D eigenvalue weighted by atomic mass is 16.1. The largest absolute Gasteiger partial charge is 0.293 e. The molecule has 0 aliphatic rings. The summed E-state index contributed by atoms with van der Waals surface area (Å²) in [4.78, 5) is 15.8. The molecule has 0 radical (unpaired) electrons. The van der Waals surface area contributed by atoms with Gasteiger partial charge in [-0.15, -0.1) is 0 Å². The van der Waals surface area contributed by atoms with Gasteiger partial charge in [0, 0.05) is 17.8 Å². The fourth-order valence-corrected chi connectivity index (χ4v) is 1.18. The Morgan fingerprint density at radius 3 is 2.62 bits per heavy atom. The number of pyridine rings is 1. The summed E-state index contributed by atoms with van der Waals surface area (Å²) in [7, 11) is 0. The van der Waals surface area contributed by atoms with E-state index in [0.29, 0.717) is 0 Å². The van der Waals surface area contributed by atoms with E-state index in [4.69, 9.17) is 5.26 Å². The van der Waals surface area contributed by atoms with Crippen LogP contribution in [0.1, 0.15) is 26.3 Å². The molecule has 3 nitrogen and oxygen atoms in total. The summed E-state index contributed by atoms with van der Waals surface area (Å²) in [5.41, 5.74) is 0.390. The van der Waals surface area contributed by atoms with Crippen molar-refractivity contribution in [2.45, 2.75) is 20.8 Å². The van der Waals surface area contributed by atoms with Crippen LogP contribution in [-0.2, 0) is 4.79 Å². The van der Waals surface area contributed by atoms with E-state index in [0.717, 1.165) is 5.56 Å². The van der Waals surface area contributed by atoms with Crippen molar-refractivity contribution in [1.29, 1.82) is 5.26 Å². The maximum Gasteiger partial charge on any atom is 0.178 e. The number of carbonyl (C=O) groups is 1. The number of hydrogen-bond donors (Lipinski definition) is 0. The molecule has 0 aromatic carbocycles. The molecule has 0 bridgehead atoms. The first-order valence-corrected chi connectivity index (χ1v) is 5.02. The van der Waals surface area contributed by atoms with E-state index in [1.54, 1.807) is 51.4 Å². The monoisotopic (exact) mass is 214 g/mol. The molecule has 0 aliphatic heterocycles. The van der Waals surface area contributed by atoms with Crippen LogP contribution in [0.25, 0.3) is 6.08 Å². The van der Waals surface area contributed by atoms with E-state index in [9.17, 15) is 4.79 Å². The Balaban J connectivity index is 3.06. The summed E-state index contributed by atoms with van der Waals surface area (Å²) >= 11 is 0. The number of rotatable bonds is 2.